The molecule has 5 nitrogen and oxygen atoms in total. The van der Waals surface area contributed by atoms with Crippen molar-refractivity contribution in [3.8, 4) is 11.5 Å². The summed E-state index contributed by atoms with van der Waals surface area (Å²) >= 11 is 0. The van der Waals surface area contributed by atoms with E-state index < -0.39 is 0 Å². The normalized spacial score (nSPS) is 16.0. The van der Waals surface area contributed by atoms with E-state index in [1.54, 1.807) is 0 Å². The molecule has 2 heterocycles. The number of fused-ring (bicyclic) bond motifs is 2. The number of H-pyrrole nitrogens is 1. The van der Waals surface area contributed by atoms with Crippen LogP contribution >= 0.6 is 0 Å². The maximum Gasteiger partial charge on any atom is 0.231 e. The second-order valence-corrected chi connectivity index (χ2v) is 6.64. The Morgan fingerprint density at radius 3 is 2.78 bits per heavy atom. The van der Waals surface area contributed by atoms with Crippen LogP contribution in [0, 0.1) is 6.92 Å². The van der Waals surface area contributed by atoms with Crippen LogP contribution in [-0.4, -0.2) is 28.9 Å². The van der Waals surface area contributed by atoms with Gasteiger partial charge in [-0.25, -0.2) is 0 Å². The Balaban J connectivity index is 1.48. The Bertz CT molecular complexity index is 723. The Morgan fingerprint density at radius 2 is 1.91 bits per heavy atom. The number of benzene rings is 1. The summed E-state index contributed by atoms with van der Waals surface area (Å²) in [4.78, 5) is 2.32. The number of nitrogens with zero attached hydrogens (tertiary/aromatic N) is 2. The molecule has 0 amide bonds. The second-order valence-electron chi connectivity index (χ2n) is 6.64. The van der Waals surface area contributed by atoms with Crippen LogP contribution in [0.25, 0.3) is 0 Å². The van der Waals surface area contributed by atoms with Crippen molar-refractivity contribution in [1.29, 1.82) is 0 Å². The highest BCUT2D eigenvalue weighted by molar-refractivity contribution is 5.48. The van der Waals surface area contributed by atoms with Crippen molar-refractivity contribution < 1.29 is 9.47 Å². The van der Waals surface area contributed by atoms with E-state index in [1.807, 2.05) is 0 Å². The van der Waals surface area contributed by atoms with Gasteiger partial charge in [0.25, 0.3) is 0 Å². The molecular weight excluding hydrogens is 290 g/mol. The molecule has 0 saturated carbocycles. The van der Waals surface area contributed by atoms with E-state index in [1.165, 1.54) is 40.9 Å². The minimum atomic E-state index is 0.327. The van der Waals surface area contributed by atoms with Crippen molar-refractivity contribution in [2.75, 3.05) is 13.8 Å². The van der Waals surface area contributed by atoms with E-state index in [4.69, 9.17) is 9.47 Å². The fraction of sp³-hybridized carbons (Fsp3) is 0.500. The van der Waals surface area contributed by atoms with Crippen molar-refractivity contribution in [1.82, 2.24) is 15.1 Å². The first-order chi connectivity index (χ1) is 11.2. The molecule has 23 heavy (non-hydrogen) atoms. The molecule has 0 atom stereocenters. The van der Waals surface area contributed by atoms with E-state index in [0.29, 0.717) is 6.79 Å². The molecule has 0 bridgehead atoms. The molecule has 5 heteroatoms. The van der Waals surface area contributed by atoms with E-state index in [2.05, 4.69) is 41.2 Å². The SMILES string of the molecule is Cc1cc2c(cc1CN(C)Cc1n[nH]c3c1CCCC3)OCO2. The third-order valence-corrected chi connectivity index (χ3v) is 4.83. The van der Waals surface area contributed by atoms with Crippen LogP contribution in [0.3, 0.4) is 0 Å². The lowest BCUT2D eigenvalue weighted by Crippen LogP contribution is -2.19. The van der Waals surface area contributed by atoms with Crippen molar-refractivity contribution in [3.63, 3.8) is 0 Å². The molecule has 4 rings (SSSR count). The molecule has 1 aromatic heterocycles. The Hall–Kier alpha value is -2.01. The molecule has 0 radical (unpaired) electrons. The van der Waals surface area contributed by atoms with Gasteiger partial charge in [0.1, 0.15) is 0 Å². The minimum Gasteiger partial charge on any atom is -0.454 e. The zero-order chi connectivity index (χ0) is 15.8. The number of hydrogen-bond donors (Lipinski definition) is 1. The van der Waals surface area contributed by atoms with Gasteiger partial charge in [-0.2, -0.15) is 5.10 Å². The maximum absolute atomic E-state index is 5.50. The summed E-state index contributed by atoms with van der Waals surface area (Å²) in [6.07, 6.45) is 4.87. The highest BCUT2D eigenvalue weighted by Crippen LogP contribution is 2.35. The van der Waals surface area contributed by atoms with Gasteiger partial charge in [0.05, 0.1) is 5.69 Å². The molecule has 0 saturated heterocycles. The summed E-state index contributed by atoms with van der Waals surface area (Å²) < 4.78 is 10.9. The van der Waals surface area contributed by atoms with Crippen LogP contribution in [0.1, 0.15) is 40.9 Å². The summed E-state index contributed by atoms with van der Waals surface area (Å²) in [7, 11) is 2.15. The number of nitrogens with one attached hydrogen (secondary N) is 1. The summed E-state index contributed by atoms with van der Waals surface area (Å²) in [6.45, 7) is 4.21. The first kappa shape index (κ1) is 14.6. The van der Waals surface area contributed by atoms with Gasteiger partial charge < -0.3 is 9.47 Å². The third kappa shape index (κ3) is 2.81. The van der Waals surface area contributed by atoms with Crippen LogP contribution in [0.5, 0.6) is 11.5 Å². The standard InChI is InChI=1S/C18H23N3O2/c1-12-7-17-18(23-11-22-17)8-13(12)9-21(2)10-16-14-5-3-4-6-15(14)19-20-16/h7-8H,3-6,9-11H2,1-2H3,(H,19,20). The molecule has 1 N–H and O–H groups in total. The number of aryl methyl sites for hydroxylation is 2. The highest BCUT2D eigenvalue weighted by Gasteiger charge is 2.19. The van der Waals surface area contributed by atoms with Gasteiger partial charge in [-0.3, -0.25) is 10.00 Å². The lowest BCUT2D eigenvalue weighted by atomic mass is 9.96. The first-order valence-corrected chi connectivity index (χ1v) is 8.33. The average Bonchev–Trinajstić information content (AvgIpc) is 3.15. The number of ether oxygens (including phenoxy) is 2. The summed E-state index contributed by atoms with van der Waals surface area (Å²) in [5.74, 6) is 1.71. The highest BCUT2D eigenvalue weighted by atomic mass is 16.7. The summed E-state index contributed by atoms with van der Waals surface area (Å²) in [6, 6.07) is 4.18. The molecule has 0 spiro atoms. The quantitative estimate of drug-likeness (QED) is 0.943. The topological polar surface area (TPSA) is 50.4 Å². The predicted molar refractivity (Wildman–Crippen MR) is 87.7 cm³/mol. The molecule has 1 aromatic carbocycles. The van der Waals surface area contributed by atoms with Gasteiger partial charge >= 0.3 is 0 Å². The fourth-order valence-electron chi connectivity index (χ4n) is 3.54. The molecule has 122 valence electrons. The lowest BCUT2D eigenvalue weighted by Gasteiger charge is -2.19. The first-order valence-electron chi connectivity index (χ1n) is 8.33. The number of aromatic amines is 1. The maximum atomic E-state index is 5.50. The molecule has 1 aliphatic heterocycles. The second kappa shape index (κ2) is 5.89. The van der Waals surface area contributed by atoms with Crippen molar-refractivity contribution >= 4 is 0 Å². The monoisotopic (exact) mass is 313 g/mol. The third-order valence-electron chi connectivity index (χ3n) is 4.83. The van der Waals surface area contributed by atoms with Gasteiger partial charge in [-0.1, -0.05) is 0 Å². The molecular formula is C18H23N3O2. The van der Waals surface area contributed by atoms with Gasteiger partial charge in [0, 0.05) is 18.8 Å². The van der Waals surface area contributed by atoms with E-state index in [0.717, 1.165) is 37.4 Å². The molecule has 2 aliphatic rings. The van der Waals surface area contributed by atoms with Gasteiger partial charge in [0.2, 0.25) is 6.79 Å². The number of hydrogen-bond acceptors (Lipinski definition) is 4. The van der Waals surface area contributed by atoms with Crippen molar-refractivity contribution in [2.24, 2.45) is 0 Å². The largest absolute Gasteiger partial charge is 0.454 e. The van der Waals surface area contributed by atoms with Crippen LogP contribution in [0.15, 0.2) is 12.1 Å². The van der Waals surface area contributed by atoms with Crippen LogP contribution < -0.4 is 9.47 Å². The smallest absolute Gasteiger partial charge is 0.231 e. The minimum absolute atomic E-state index is 0.327. The van der Waals surface area contributed by atoms with Crippen LogP contribution in [0.2, 0.25) is 0 Å². The van der Waals surface area contributed by atoms with E-state index in [9.17, 15) is 0 Å². The summed E-state index contributed by atoms with van der Waals surface area (Å²) in [5.41, 5.74) is 6.52. The van der Waals surface area contributed by atoms with E-state index in [-0.39, 0.29) is 0 Å². The Morgan fingerprint density at radius 1 is 1.13 bits per heavy atom. The lowest BCUT2D eigenvalue weighted by molar-refractivity contribution is 0.174. The molecule has 1 aliphatic carbocycles. The zero-order valence-corrected chi connectivity index (χ0v) is 13.8. The summed E-state index contributed by atoms with van der Waals surface area (Å²) in [5, 5.41) is 7.78. The average molecular weight is 313 g/mol. The molecule has 2 aromatic rings. The molecule has 0 fully saturated rings. The zero-order valence-electron chi connectivity index (χ0n) is 13.8. The van der Waals surface area contributed by atoms with Gasteiger partial charge in [-0.05, 0) is 68.5 Å². The Kier molecular flexibility index (Phi) is 3.73. The van der Waals surface area contributed by atoms with Gasteiger partial charge in [0.15, 0.2) is 11.5 Å². The number of aromatic nitrogens is 2. The molecule has 0 unspecified atom stereocenters. The Labute approximate surface area is 136 Å². The predicted octanol–water partition coefficient (Wildman–Crippen LogP) is 2.96. The number of rotatable bonds is 4. The fourth-order valence-corrected chi connectivity index (χ4v) is 3.54. The van der Waals surface area contributed by atoms with Gasteiger partial charge in [-0.15, -0.1) is 0 Å². The van der Waals surface area contributed by atoms with Crippen molar-refractivity contribution in [3.05, 3.63) is 40.2 Å². The van der Waals surface area contributed by atoms with Crippen molar-refractivity contribution in [2.45, 2.75) is 45.7 Å². The van der Waals surface area contributed by atoms with E-state index >= 15 is 0 Å². The van der Waals surface area contributed by atoms with Crippen LogP contribution in [-0.2, 0) is 25.9 Å². The van der Waals surface area contributed by atoms with Crippen LogP contribution in [0.4, 0.5) is 0 Å².